The molecule has 8 nitrogen and oxygen atoms in total. The first-order valence-electron chi connectivity index (χ1n) is 9.99. The minimum atomic E-state index is -0.405. The molecule has 29 heavy (non-hydrogen) atoms. The highest BCUT2D eigenvalue weighted by molar-refractivity contribution is 5.77. The van der Waals surface area contributed by atoms with Crippen LogP contribution in [0.15, 0.2) is 27.8 Å². The van der Waals surface area contributed by atoms with Gasteiger partial charge in [-0.3, -0.25) is 13.9 Å². The number of aryl methyl sites for hydroxylation is 3. The average Bonchev–Trinajstić information content (AvgIpc) is 3.07. The summed E-state index contributed by atoms with van der Waals surface area (Å²) >= 11 is 0. The molecule has 2 aromatic heterocycles. The van der Waals surface area contributed by atoms with Gasteiger partial charge in [0, 0.05) is 39.0 Å². The maximum Gasteiger partial charge on any atom is 0.332 e. The van der Waals surface area contributed by atoms with Gasteiger partial charge in [0.2, 0.25) is 5.95 Å². The number of aliphatic hydroxyl groups excluding tert-OH is 1. The van der Waals surface area contributed by atoms with E-state index in [2.05, 4.69) is 43.9 Å². The first-order chi connectivity index (χ1) is 13.8. The molecular weight excluding hydrogens is 370 g/mol. The molecule has 0 bridgehead atoms. The Morgan fingerprint density at radius 2 is 1.93 bits per heavy atom. The lowest BCUT2D eigenvalue weighted by Crippen LogP contribution is -2.40. The third-order valence-corrected chi connectivity index (χ3v) is 5.78. The fraction of sp³-hybridized carbons (Fsp3) is 0.476. The molecule has 4 rings (SSSR count). The van der Waals surface area contributed by atoms with Crippen LogP contribution in [-0.4, -0.2) is 36.9 Å². The molecule has 154 valence electrons. The Labute approximate surface area is 168 Å². The van der Waals surface area contributed by atoms with Gasteiger partial charge in [-0.1, -0.05) is 13.0 Å². The van der Waals surface area contributed by atoms with Crippen LogP contribution in [0, 0.1) is 19.8 Å². The van der Waals surface area contributed by atoms with Crippen molar-refractivity contribution in [3.8, 4) is 0 Å². The smallest absolute Gasteiger partial charge is 0.332 e. The number of hydrogen-bond donors (Lipinski definition) is 1. The van der Waals surface area contributed by atoms with Crippen molar-refractivity contribution in [3.05, 3.63) is 50.2 Å². The molecule has 3 heterocycles. The molecule has 1 aliphatic rings. The lowest BCUT2D eigenvalue weighted by Gasteiger charge is -2.33. The molecule has 0 amide bonds. The zero-order chi connectivity index (χ0) is 20.9. The van der Waals surface area contributed by atoms with Gasteiger partial charge in [0.15, 0.2) is 11.2 Å². The van der Waals surface area contributed by atoms with Gasteiger partial charge in [-0.25, -0.2) is 4.79 Å². The van der Waals surface area contributed by atoms with E-state index in [-0.39, 0.29) is 18.7 Å². The number of benzene rings is 1. The molecule has 8 heteroatoms. The van der Waals surface area contributed by atoms with Crippen LogP contribution in [0.5, 0.6) is 0 Å². The van der Waals surface area contributed by atoms with Crippen molar-refractivity contribution < 1.29 is 5.11 Å². The lowest BCUT2D eigenvalue weighted by molar-refractivity contribution is 0.277. The normalized spacial score (nSPS) is 16.4. The molecule has 1 aromatic carbocycles. The van der Waals surface area contributed by atoms with Crippen LogP contribution in [0.3, 0.4) is 0 Å². The predicted octanol–water partition coefficient (Wildman–Crippen LogP) is 1.68. The number of aromatic nitrogens is 4. The number of hydrogen-bond acceptors (Lipinski definition) is 5. The first kappa shape index (κ1) is 19.4. The third-order valence-electron chi connectivity index (χ3n) is 5.78. The molecule has 1 N–H and O–H groups in total. The van der Waals surface area contributed by atoms with E-state index >= 15 is 0 Å². The second kappa shape index (κ2) is 7.18. The van der Waals surface area contributed by atoms with Gasteiger partial charge in [0.05, 0.1) is 0 Å². The fourth-order valence-electron chi connectivity index (χ4n) is 4.04. The number of fused-ring (bicyclic) bond motifs is 3. The van der Waals surface area contributed by atoms with Crippen molar-refractivity contribution in [1.82, 2.24) is 18.7 Å². The van der Waals surface area contributed by atoms with Crippen LogP contribution < -0.4 is 16.1 Å². The van der Waals surface area contributed by atoms with Crippen LogP contribution in [0.1, 0.15) is 24.5 Å². The summed E-state index contributed by atoms with van der Waals surface area (Å²) in [6.45, 7) is 7.88. The monoisotopic (exact) mass is 397 g/mol. The topological polar surface area (TPSA) is 85.3 Å². The number of anilines is 2. The predicted molar refractivity (Wildman–Crippen MR) is 113 cm³/mol. The van der Waals surface area contributed by atoms with E-state index in [9.17, 15) is 9.59 Å². The quantitative estimate of drug-likeness (QED) is 0.724. The summed E-state index contributed by atoms with van der Waals surface area (Å²) in [7, 11) is 1.64. The van der Waals surface area contributed by atoms with E-state index in [4.69, 9.17) is 10.1 Å². The Morgan fingerprint density at radius 3 is 2.62 bits per heavy atom. The van der Waals surface area contributed by atoms with Crippen molar-refractivity contribution in [2.24, 2.45) is 13.0 Å². The molecule has 1 atom stereocenters. The molecule has 0 fully saturated rings. The van der Waals surface area contributed by atoms with E-state index in [1.54, 1.807) is 7.05 Å². The second-order valence-electron chi connectivity index (χ2n) is 8.05. The SMILES string of the molecule is Cc1ccc(N2CC(C)Cn3c2nc2c3c(=O)n(CCCO)c(=O)n2C)cc1C. The molecule has 0 radical (unpaired) electrons. The largest absolute Gasteiger partial charge is 0.396 e. The number of nitrogens with zero attached hydrogens (tertiary/aromatic N) is 5. The van der Waals surface area contributed by atoms with Crippen LogP contribution in [-0.2, 0) is 20.1 Å². The number of aliphatic hydroxyl groups is 1. The third kappa shape index (κ3) is 3.07. The van der Waals surface area contributed by atoms with Gasteiger partial charge in [0.25, 0.3) is 5.56 Å². The minimum Gasteiger partial charge on any atom is -0.396 e. The minimum absolute atomic E-state index is 0.0737. The Morgan fingerprint density at radius 1 is 1.17 bits per heavy atom. The average molecular weight is 397 g/mol. The van der Waals surface area contributed by atoms with Gasteiger partial charge in [0.1, 0.15) is 0 Å². The van der Waals surface area contributed by atoms with Crippen molar-refractivity contribution in [1.29, 1.82) is 0 Å². The highest BCUT2D eigenvalue weighted by Crippen LogP contribution is 2.33. The van der Waals surface area contributed by atoms with Crippen LogP contribution in [0.2, 0.25) is 0 Å². The van der Waals surface area contributed by atoms with Gasteiger partial charge in [-0.05, 0) is 49.4 Å². The van der Waals surface area contributed by atoms with Crippen molar-refractivity contribution in [2.75, 3.05) is 18.1 Å². The second-order valence-corrected chi connectivity index (χ2v) is 8.05. The standard InChI is InChI=1S/C21H27N5O3/c1-13-11-25(16-7-6-14(2)15(3)10-16)20-22-18-17(26(20)12-13)19(28)24(8-5-9-27)21(29)23(18)4/h6-7,10,13,27H,5,8-9,11-12H2,1-4H3. The summed E-state index contributed by atoms with van der Waals surface area (Å²) < 4.78 is 4.58. The summed E-state index contributed by atoms with van der Waals surface area (Å²) in [6, 6.07) is 6.30. The summed E-state index contributed by atoms with van der Waals surface area (Å²) in [5.41, 5.74) is 3.55. The summed E-state index contributed by atoms with van der Waals surface area (Å²) in [4.78, 5) is 32.7. The Kier molecular flexibility index (Phi) is 4.82. The van der Waals surface area contributed by atoms with Crippen molar-refractivity contribution >= 4 is 22.8 Å². The van der Waals surface area contributed by atoms with Crippen molar-refractivity contribution in [2.45, 2.75) is 40.3 Å². The lowest BCUT2D eigenvalue weighted by atomic mass is 10.1. The van der Waals surface area contributed by atoms with Crippen LogP contribution in [0.4, 0.5) is 11.6 Å². The maximum atomic E-state index is 13.2. The number of imidazole rings is 1. The summed E-state index contributed by atoms with van der Waals surface area (Å²) in [5.74, 6) is 0.998. The van der Waals surface area contributed by atoms with Gasteiger partial charge in [-0.2, -0.15) is 4.98 Å². The van der Waals surface area contributed by atoms with Gasteiger partial charge < -0.3 is 14.6 Å². The molecule has 0 aliphatic carbocycles. The van der Waals surface area contributed by atoms with E-state index < -0.39 is 5.69 Å². The molecule has 1 unspecified atom stereocenters. The van der Waals surface area contributed by atoms with E-state index in [1.807, 2.05) is 4.57 Å². The maximum absolute atomic E-state index is 13.2. The number of rotatable bonds is 4. The van der Waals surface area contributed by atoms with E-state index in [0.29, 0.717) is 36.0 Å². The Hall–Kier alpha value is -2.87. The van der Waals surface area contributed by atoms with E-state index in [0.717, 1.165) is 12.2 Å². The fourth-order valence-corrected chi connectivity index (χ4v) is 4.04. The highest BCUT2D eigenvalue weighted by Gasteiger charge is 2.29. The highest BCUT2D eigenvalue weighted by atomic mass is 16.3. The molecular formula is C21H27N5O3. The Bertz CT molecular complexity index is 1200. The van der Waals surface area contributed by atoms with Crippen molar-refractivity contribution in [3.63, 3.8) is 0 Å². The van der Waals surface area contributed by atoms with Gasteiger partial charge >= 0.3 is 5.69 Å². The summed E-state index contributed by atoms with van der Waals surface area (Å²) in [5, 5.41) is 9.13. The van der Waals surface area contributed by atoms with Crippen LogP contribution in [0.25, 0.3) is 11.2 Å². The first-order valence-corrected chi connectivity index (χ1v) is 9.99. The van der Waals surface area contributed by atoms with Gasteiger partial charge in [-0.15, -0.1) is 0 Å². The molecule has 0 saturated carbocycles. The molecule has 0 saturated heterocycles. The molecule has 0 spiro atoms. The van der Waals surface area contributed by atoms with E-state index in [1.165, 1.54) is 20.3 Å². The zero-order valence-electron chi connectivity index (χ0n) is 17.3. The van der Waals surface area contributed by atoms with Crippen LogP contribution >= 0.6 is 0 Å². The Balaban J connectivity index is 1.97. The summed E-state index contributed by atoms with van der Waals surface area (Å²) in [6.07, 6.45) is 0.354. The molecule has 3 aromatic rings. The molecule has 1 aliphatic heterocycles. The zero-order valence-corrected chi connectivity index (χ0v) is 17.3.